The van der Waals surface area contributed by atoms with Crippen LogP contribution in [0.3, 0.4) is 0 Å². The largest absolute Gasteiger partial charge is 0.501 e. The summed E-state index contributed by atoms with van der Waals surface area (Å²) in [5.41, 5.74) is -4.77. The van der Waals surface area contributed by atoms with Crippen LogP contribution in [0, 0.1) is 0 Å². The molecule has 2 N–H and O–H groups in total. The summed E-state index contributed by atoms with van der Waals surface area (Å²) in [5, 5.41) is 11.7. The van der Waals surface area contributed by atoms with Gasteiger partial charge in [0.05, 0.1) is 4.90 Å². The molecule has 4 nitrogen and oxygen atoms in total. The summed E-state index contributed by atoms with van der Waals surface area (Å²) in [6.45, 7) is 1.92. The summed E-state index contributed by atoms with van der Waals surface area (Å²) in [4.78, 5) is -0.779. The van der Waals surface area contributed by atoms with Crippen molar-refractivity contribution in [1.29, 1.82) is 0 Å². The van der Waals surface area contributed by atoms with Crippen LogP contribution >= 0.6 is 0 Å². The average molecular weight is 311 g/mol. The highest BCUT2D eigenvalue weighted by Crippen LogP contribution is 2.30. The third-order valence-corrected chi connectivity index (χ3v) is 4.18. The predicted octanol–water partition coefficient (Wildman–Crippen LogP) is 2.55. The standard InChI is InChI=1S/C12H16F3NO3S/c1-9(3-2-8-17)16-10-4-6-11(7-5-10)20(18,19)12(13,14)15/h4-7,9,16-17H,2-3,8H2,1H3. The molecule has 0 saturated heterocycles. The van der Waals surface area contributed by atoms with Crippen LogP contribution in [0.5, 0.6) is 0 Å². The van der Waals surface area contributed by atoms with E-state index in [1.165, 1.54) is 12.1 Å². The summed E-state index contributed by atoms with van der Waals surface area (Å²) in [5.74, 6) is 0. The van der Waals surface area contributed by atoms with Crippen molar-refractivity contribution in [3.05, 3.63) is 24.3 Å². The molecule has 1 aromatic carbocycles. The van der Waals surface area contributed by atoms with Crippen molar-refractivity contribution in [1.82, 2.24) is 0 Å². The summed E-state index contributed by atoms with van der Waals surface area (Å²) < 4.78 is 59.3. The first kappa shape index (κ1) is 16.8. The molecule has 0 aliphatic heterocycles. The molecule has 0 spiro atoms. The van der Waals surface area contributed by atoms with E-state index in [0.29, 0.717) is 18.5 Å². The number of benzene rings is 1. The predicted molar refractivity (Wildman–Crippen MR) is 69.1 cm³/mol. The molecule has 0 radical (unpaired) electrons. The van der Waals surface area contributed by atoms with Crippen molar-refractivity contribution in [2.75, 3.05) is 11.9 Å². The van der Waals surface area contributed by atoms with Gasteiger partial charge in [-0.25, -0.2) is 8.42 Å². The van der Waals surface area contributed by atoms with Gasteiger partial charge in [-0.15, -0.1) is 0 Å². The molecule has 8 heteroatoms. The second-order valence-corrected chi connectivity index (χ2v) is 6.33. The first-order valence-electron chi connectivity index (χ1n) is 5.97. The second-order valence-electron chi connectivity index (χ2n) is 4.38. The first-order valence-corrected chi connectivity index (χ1v) is 7.45. The Labute approximate surface area is 115 Å². The van der Waals surface area contributed by atoms with Crippen molar-refractivity contribution in [3.8, 4) is 0 Å². The van der Waals surface area contributed by atoms with E-state index < -0.39 is 20.2 Å². The van der Waals surface area contributed by atoms with E-state index in [1.807, 2.05) is 6.92 Å². The topological polar surface area (TPSA) is 66.4 Å². The van der Waals surface area contributed by atoms with Gasteiger partial charge in [0.25, 0.3) is 9.84 Å². The van der Waals surface area contributed by atoms with E-state index >= 15 is 0 Å². The summed E-state index contributed by atoms with van der Waals surface area (Å²) in [6.07, 6.45) is 1.30. The Bertz CT molecular complexity index is 526. The van der Waals surface area contributed by atoms with Crippen LogP contribution < -0.4 is 5.32 Å². The molecule has 1 aromatic rings. The van der Waals surface area contributed by atoms with Crippen molar-refractivity contribution in [2.24, 2.45) is 0 Å². The Kier molecular flexibility index (Phi) is 5.41. The van der Waals surface area contributed by atoms with Gasteiger partial charge >= 0.3 is 5.51 Å². The third kappa shape index (κ3) is 4.11. The summed E-state index contributed by atoms with van der Waals surface area (Å²) in [7, 11) is -5.30. The van der Waals surface area contributed by atoms with Crippen LogP contribution in [0.25, 0.3) is 0 Å². The minimum Gasteiger partial charge on any atom is -0.396 e. The third-order valence-electron chi connectivity index (χ3n) is 2.68. The second kappa shape index (κ2) is 6.45. The maximum Gasteiger partial charge on any atom is 0.501 e. The molecular formula is C12H16F3NO3S. The van der Waals surface area contributed by atoms with E-state index in [9.17, 15) is 21.6 Å². The van der Waals surface area contributed by atoms with Gasteiger partial charge in [0.2, 0.25) is 0 Å². The molecule has 1 atom stereocenters. The van der Waals surface area contributed by atoms with Gasteiger partial charge in [0, 0.05) is 18.3 Å². The minimum absolute atomic E-state index is 0.0206. The van der Waals surface area contributed by atoms with Gasteiger partial charge < -0.3 is 10.4 Å². The normalized spacial score (nSPS) is 14.1. The first-order chi connectivity index (χ1) is 9.18. The van der Waals surface area contributed by atoms with Crippen LogP contribution in [-0.4, -0.2) is 31.7 Å². The highest BCUT2D eigenvalue weighted by Gasteiger charge is 2.46. The number of hydrogen-bond acceptors (Lipinski definition) is 4. The van der Waals surface area contributed by atoms with Gasteiger partial charge in [-0.2, -0.15) is 13.2 Å². The molecule has 0 fully saturated rings. The lowest BCUT2D eigenvalue weighted by atomic mass is 10.2. The Hall–Kier alpha value is -1.28. The van der Waals surface area contributed by atoms with Gasteiger partial charge in [-0.1, -0.05) is 0 Å². The fourth-order valence-electron chi connectivity index (χ4n) is 1.62. The van der Waals surface area contributed by atoms with Gasteiger partial charge in [-0.3, -0.25) is 0 Å². The summed E-state index contributed by atoms with van der Waals surface area (Å²) in [6, 6.07) is 4.43. The summed E-state index contributed by atoms with van der Waals surface area (Å²) >= 11 is 0. The van der Waals surface area contributed by atoms with Crippen molar-refractivity contribution >= 4 is 15.5 Å². The number of hydrogen-bond donors (Lipinski definition) is 2. The van der Waals surface area contributed by atoms with Crippen molar-refractivity contribution < 1.29 is 26.7 Å². The zero-order chi connectivity index (χ0) is 15.4. The quantitative estimate of drug-likeness (QED) is 0.847. The highest BCUT2D eigenvalue weighted by atomic mass is 32.2. The van der Waals surface area contributed by atoms with Crippen LogP contribution in [-0.2, 0) is 9.84 Å². The molecular weight excluding hydrogens is 295 g/mol. The minimum atomic E-state index is -5.30. The smallest absolute Gasteiger partial charge is 0.396 e. The molecule has 1 unspecified atom stereocenters. The maximum atomic E-state index is 12.3. The number of nitrogens with one attached hydrogen (secondary N) is 1. The Morgan fingerprint density at radius 2 is 1.80 bits per heavy atom. The van der Waals surface area contributed by atoms with E-state index in [2.05, 4.69) is 5.32 Å². The number of aliphatic hydroxyl groups is 1. The van der Waals surface area contributed by atoms with E-state index in [-0.39, 0.29) is 12.6 Å². The monoisotopic (exact) mass is 311 g/mol. The number of halogens is 3. The van der Waals surface area contributed by atoms with Gasteiger partial charge in [-0.05, 0) is 44.0 Å². The molecule has 0 aromatic heterocycles. The molecule has 0 aliphatic rings. The molecule has 1 rings (SSSR count). The molecule has 0 saturated carbocycles. The zero-order valence-electron chi connectivity index (χ0n) is 10.8. The lowest BCUT2D eigenvalue weighted by molar-refractivity contribution is -0.0436. The van der Waals surface area contributed by atoms with Crippen LogP contribution in [0.2, 0.25) is 0 Å². The number of aliphatic hydroxyl groups excluding tert-OH is 1. The van der Waals surface area contributed by atoms with Crippen LogP contribution in [0.15, 0.2) is 29.2 Å². The molecule has 0 aliphatic carbocycles. The number of alkyl halides is 3. The molecule has 0 amide bonds. The number of sulfone groups is 1. The van der Waals surface area contributed by atoms with E-state index in [1.54, 1.807) is 0 Å². The fourth-order valence-corrected chi connectivity index (χ4v) is 2.38. The van der Waals surface area contributed by atoms with Gasteiger partial charge in [0.15, 0.2) is 0 Å². The van der Waals surface area contributed by atoms with Gasteiger partial charge in [0.1, 0.15) is 0 Å². The lowest BCUT2D eigenvalue weighted by Crippen LogP contribution is -2.23. The Morgan fingerprint density at radius 1 is 1.25 bits per heavy atom. The van der Waals surface area contributed by atoms with Crippen LogP contribution in [0.4, 0.5) is 18.9 Å². The number of rotatable bonds is 6. The SMILES string of the molecule is CC(CCCO)Nc1ccc(S(=O)(=O)C(F)(F)F)cc1. The number of anilines is 1. The maximum absolute atomic E-state index is 12.3. The molecule has 114 valence electrons. The molecule has 0 bridgehead atoms. The lowest BCUT2D eigenvalue weighted by Gasteiger charge is -2.15. The highest BCUT2D eigenvalue weighted by molar-refractivity contribution is 7.92. The van der Waals surface area contributed by atoms with Crippen molar-refractivity contribution in [3.63, 3.8) is 0 Å². The van der Waals surface area contributed by atoms with Crippen LogP contribution in [0.1, 0.15) is 19.8 Å². The Morgan fingerprint density at radius 3 is 2.25 bits per heavy atom. The van der Waals surface area contributed by atoms with Crippen molar-refractivity contribution in [2.45, 2.75) is 36.2 Å². The molecule has 20 heavy (non-hydrogen) atoms. The fraction of sp³-hybridized carbons (Fsp3) is 0.500. The Balaban J connectivity index is 2.80. The van der Waals surface area contributed by atoms with E-state index in [4.69, 9.17) is 5.11 Å². The zero-order valence-corrected chi connectivity index (χ0v) is 11.6. The molecule has 0 heterocycles. The average Bonchev–Trinajstić information content (AvgIpc) is 2.35. The van der Waals surface area contributed by atoms with E-state index in [0.717, 1.165) is 12.1 Å².